The van der Waals surface area contributed by atoms with Crippen LogP contribution in [0.15, 0.2) is 12.4 Å². The number of nitrogens with zero attached hydrogens (tertiary/aromatic N) is 4. The molecule has 3 rings (SSSR count). The first-order chi connectivity index (χ1) is 17.4. The van der Waals surface area contributed by atoms with E-state index in [1.165, 1.54) is 0 Å². The van der Waals surface area contributed by atoms with Gasteiger partial charge in [0, 0.05) is 37.0 Å². The van der Waals surface area contributed by atoms with Crippen LogP contribution in [0.2, 0.25) is 0 Å². The zero-order valence-corrected chi connectivity index (χ0v) is 25.0. The number of carbonyl (C=O) groups is 2. The molecule has 1 N–H and O–H groups in total. The summed E-state index contributed by atoms with van der Waals surface area (Å²) >= 11 is 0. The molecule has 1 aromatic heterocycles. The van der Waals surface area contributed by atoms with Crippen LogP contribution >= 0.6 is 0 Å². The van der Waals surface area contributed by atoms with Crippen LogP contribution in [0, 0.1) is 5.92 Å². The number of amides is 2. The van der Waals surface area contributed by atoms with Crippen LogP contribution in [-0.2, 0) is 18.8 Å². The van der Waals surface area contributed by atoms with Gasteiger partial charge in [-0.1, -0.05) is 13.8 Å². The van der Waals surface area contributed by atoms with Gasteiger partial charge in [-0.25, -0.2) is 14.8 Å². The molecular weight excluding hydrogens is 485 g/mol. The lowest BCUT2D eigenvalue weighted by Crippen LogP contribution is -2.52. The highest BCUT2D eigenvalue weighted by Crippen LogP contribution is 2.36. The standard InChI is InChI=1S/C27H46BN5O5/c1-17(2)21(31-24(35)36-25(5,6)7)22(34)32-13-12-20(16-32)33(18(3)4)23-29-14-19(15-30-23)28-37-26(8,9)27(10,11)38-28/h14-15,17-18,20-21H,12-13,16H2,1-11H3,(H,31,35)/t20-,21+/m0/s1. The van der Waals surface area contributed by atoms with Crippen LogP contribution in [0.1, 0.15) is 82.6 Å². The van der Waals surface area contributed by atoms with E-state index in [0.717, 1.165) is 11.9 Å². The number of carbonyl (C=O) groups excluding carboxylic acids is 2. The number of hydrogen-bond donors (Lipinski definition) is 1. The fourth-order valence-corrected chi connectivity index (χ4v) is 4.70. The monoisotopic (exact) mass is 531 g/mol. The molecule has 2 atom stereocenters. The van der Waals surface area contributed by atoms with Gasteiger partial charge in [-0.15, -0.1) is 0 Å². The Hall–Kier alpha value is -2.40. The van der Waals surface area contributed by atoms with Crippen LogP contribution in [-0.4, -0.2) is 82.0 Å². The number of rotatable bonds is 7. The highest BCUT2D eigenvalue weighted by Gasteiger charge is 2.52. The topological polar surface area (TPSA) is 106 Å². The average molecular weight is 532 g/mol. The normalized spacial score (nSPS) is 21.7. The van der Waals surface area contributed by atoms with Crippen molar-refractivity contribution in [1.29, 1.82) is 0 Å². The third-order valence-electron chi connectivity index (χ3n) is 7.44. The summed E-state index contributed by atoms with van der Waals surface area (Å²) in [6.45, 7) is 22.6. The maximum atomic E-state index is 13.4. The molecule has 0 saturated carbocycles. The largest absolute Gasteiger partial charge is 0.498 e. The lowest BCUT2D eigenvalue weighted by Gasteiger charge is -2.33. The first-order valence-corrected chi connectivity index (χ1v) is 13.7. The Bertz CT molecular complexity index is 977. The van der Waals surface area contributed by atoms with Crippen molar-refractivity contribution in [2.45, 2.75) is 118 Å². The number of hydrogen-bond acceptors (Lipinski definition) is 8. The fourth-order valence-electron chi connectivity index (χ4n) is 4.70. The summed E-state index contributed by atoms with van der Waals surface area (Å²) < 4.78 is 17.7. The van der Waals surface area contributed by atoms with Gasteiger partial charge in [0.2, 0.25) is 11.9 Å². The highest BCUT2D eigenvalue weighted by atomic mass is 16.7. The average Bonchev–Trinajstić information content (AvgIpc) is 3.32. The predicted molar refractivity (Wildman–Crippen MR) is 148 cm³/mol. The molecule has 2 aliphatic rings. The molecule has 0 spiro atoms. The summed E-state index contributed by atoms with van der Waals surface area (Å²) in [5.74, 6) is 0.419. The molecule has 2 fully saturated rings. The third kappa shape index (κ3) is 6.78. The van der Waals surface area contributed by atoms with Gasteiger partial charge < -0.3 is 29.2 Å². The molecule has 0 bridgehead atoms. The molecule has 11 heteroatoms. The van der Waals surface area contributed by atoms with Crippen molar-refractivity contribution >= 4 is 30.5 Å². The summed E-state index contributed by atoms with van der Waals surface area (Å²) in [4.78, 5) is 39.1. The minimum Gasteiger partial charge on any atom is -0.444 e. The molecule has 38 heavy (non-hydrogen) atoms. The van der Waals surface area contributed by atoms with Crippen LogP contribution in [0.5, 0.6) is 0 Å². The zero-order valence-electron chi connectivity index (χ0n) is 25.0. The van der Waals surface area contributed by atoms with Crippen molar-refractivity contribution in [2.75, 3.05) is 18.0 Å². The third-order valence-corrected chi connectivity index (χ3v) is 7.44. The van der Waals surface area contributed by atoms with E-state index < -0.39 is 36.1 Å². The maximum absolute atomic E-state index is 13.4. The second-order valence-electron chi connectivity index (χ2n) is 13.0. The highest BCUT2D eigenvalue weighted by molar-refractivity contribution is 6.61. The van der Waals surface area contributed by atoms with Crippen LogP contribution in [0.25, 0.3) is 0 Å². The summed E-state index contributed by atoms with van der Waals surface area (Å²) in [5, 5.41) is 2.78. The number of alkyl carbamates (subject to hydrolysis) is 1. The molecule has 2 amide bonds. The molecule has 0 aromatic carbocycles. The van der Waals surface area contributed by atoms with Gasteiger partial charge in [-0.3, -0.25) is 4.79 Å². The number of anilines is 1. The molecule has 0 radical (unpaired) electrons. The van der Waals surface area contributed by atoms with E-state index >= 15 is 0 Å². The van der Waals surface area contributed by atoms with E-state index in [0.29, 0.717) is 19.0 Å². The van der Waals surface area contributed by atoms with E-state index in [9.17, 15) is 9.59 Å². The fraction of sp³-hybridized carbons (Fsp3) is 0.778. The summed E-state index contributed by atoms with van der Waals surface area (Å²) in [7, 11) is -0.522. The van der Waals surface area contributed by atoms with E-state index in [2.05, 4.69) is 34.0 Å². The Balaban J connectivity index is 1.70. The lowest BCUT2D eigenvalue weighted by atomic mass is 9.81. The van der Waals surface area contributed by atoms with E-state index in [1.807, 2.05) is 46.4 Å². The molecule has 212 valence electrons. The molecule has 2 aliphatic heterocycles. The predicted octanol–water partition coefficient (Wildman–Crippen LogP) is 3.14. The summed E-state index contributed by atoms with van der Waals surface area (Å²) in [6, 6.07) is -0.485. The van der Waals surface area contributed by atoms with E-state index in [-0.39, 0.29) is 23.9 Å². The molecule has 10 nitrogen and oxygen atoms in total. The zero-order chi connectivity index (χ0) is 28.6. The van der Waals surface area contributed by atoms with E-state index in [4.69, 9.17) is 14.0 Å². The maximum Gasteiger partial charge on any atom is 0.498 e. The minimum atomic E-state index is -0.661. The first-order valence-electron chi connectivity index (χ1n) is 13.7. The SMILES string of the molecule is CC(C)[C@@H](NC(=O)OC(C)(C)C)C(=O)N1CC[C@H](N(c2ncc(B3OC(C)(C)C(C)(C)O3)cn2)C(C)C)C1. The molecule has 1 aromatic rings. The van der Waals surface area contributed by atoms with Crippen LogP contribution < -0.4 is 15.7 Å². The lowest BCUT2D eigenvalue weighted by molar-refractivity contribution is -0.133. The van der Waals surface area contributed by atoms with Gasteiger partial charge in [0.1, 0.15) is 11.6 Å². The van der Waals surface area contributed by atoms with Gasteiger partial charge in [0.05, 0.1) is 17.2 Å². The second kappa shape index (κ2) is 11.0. The quantitative estimate of drug-likeness (QED) is 0.535. The number of likely N-dealkylation sites (tertiary alicyclic amines) is 1. The van der Waals surface area contributed by atoms with Gasteiger partial charge in [0.15, 0.2) is 0 Å². The Labute approximate surface area is 228 Å². The molecule has 2 saturated heterocycles. The van der Waals surface area contributed by atoms with Crippen molar-refractivity contribution in [3.05, 3.63) is 12.4 Å². The van der Waals surface area contributed by atoms with Crippen molar-refractivity contribution in [3.63, 3.8) is 0 Å². The van der Waals surface area contributed by atoms with Gasteiger partial charge >= 0.3 is 13.2 Å². The molecular formula is C27H46BN5O5. The van der Waals surface area contributed by atoms with Crippen molar-refractivity contribution < 1.29 is 23.6 Å². The van der Waals surface area contributed by atoms with E-state index in [1.54, 1.807) is 33.2 Å². The number of ether oxygens (including phenoxy) is 1. The molecule has 0 aliphatic carbocycles. The number of aromatic nitrogens is 2. The Morgan fingerprint density at radius 2 is 1.66 bits per heavy atom. The van der Waals surface area contributed by atoms with Gasteiger partial charge in [0.25, 0.3) is 0 Å². The Kier molecular flexibility index (Phi) is 8.73. The van der Waals surface area contributed by atoms with Crippen molar-refractivity contribution in [2.24, 2.45) is 5.92 Å². The summed E-state index contributed by atoms with van der Waals surface area (Å²) in [5.41, 5.74) is -0.741. The first kappa shape index (κ1) is 30.2. The van der Waals surface area contributed by atoms with Crippen molar-refractivity contribution in [1.82, 2.24) is 20.2 Å². The smallest absolute Gasteiger partial charge is 0.444 e. The van der Waals surface area contributed by atoms with Gasteiger partial charge in [-0.05, 0) is 74.7 Å². The Morgan fingerprint density at radius 1 is 1.11 bits per heavy atom. The number of nitrogens with one attached hydrogen (secondary N) is 1. The Morgan fingerprint density at radius 3 is 2.13 bits per heavy atom. The minimum absolute atomic E-state index is 0.0518. The van der Waals surface area contributed by atoms with Crippen LogP contribution in [0.4, 0.5) is 10.7 Å². The molecule has 0 unspecified atom stereocenters. The molecule has 3 heterocycles. The second-order valence-corrected chi connectivity index (χ2v) is 13.0. The van der Waals surface area contributed by atoms with Gasteiger partial charge in [-0.2, -0.15) is 0 Å². The summed E-state index contributed by atoms with van der Waals surface area (Å²) in [6.07, 6.45) is 3.72. The van der Waals surface area contributed by atoms with Crippen molar-refractivity contribution in [3.8, 4) is 0 Å². The van der Waals surface area contributed by atoms with Crippen LogP contribution in [0.3, 0.4) is 0 Å².